The van der Waals surface area contributed by atoms with E-state index < -0.39 is 17.6 Å². The van der Waals surface area contributed by atoms with E-state index in [9.17, 15) is 22.8 Å². The molecule has 1 N–H and O–H groups in total. The van der Waals surface area contributed by atoms with Crippen molar-refractivity contribution >= 4 is 23.2 Å². The molecule has 3 aromatic carbocycles. The molecule has 1 aliphatic rings. The van der Waals surface area contributed by atoms with Gasteiger partial charge in [0.2, 0.25) is 0 Å². The largest absolute Gasteiger partial charge is 0.497 e. The van der Waals surface area contributed by atoms with Crippen LogP contribution in [0.4, 0.5) is 24.5 Å². The minimum Gasteiger partial charge on any atom is -0.497 e. The van der Waals surface area contributed by atoms with Crippen molar-refractivity contribution in [1.29, 1.82) is 0 Å². The first-order chi connectivity index (χ1) is 21.1. The summed E-state index contributed by atoms with van der Waals surface area (Å²) in [6, 6.07) is 19.1. The Kier molecular flexibility index (Phi) is 9.03. The van der Waals surface area contributed by atoms with Crippen LogP contribution < -0.4 is 19.7 Å². The highest BCUT2D eigenvalue weighted by Crippen LogP contribution is 2.34. The molecule has 0 spiro atoms. The zero-order chi connectivity index (χ0) is 31.3. The molecule has 4 aromatic rings. The fourth-order valence-electron chi connectivity index (χ4n) is 4.96. The van der Waals surface area contributed by atoms with Gasteiger partial charge in [0.05, 0.1) is 25.5 Å². The summed E-state index contributed by atoms with van der Waals surface area (Å²) in [6.07, 6.45) is -1.71. The number of nitrogens with zero attached hydrogens (tertiary/aromatic N) is 3. The van der Waals surface area contributed by atoms with Crippen molar-refractivity contribution in [2.75, 3.05) is 50.1 Å². The molecule has 0 radical (unpaired) electrons. The van der Waals surface area contributed by atoms with Crippen molar-refractivity contribution in [3.8, 4) is 22.6 Å². The average molecular weight is 605 g/mol. The number of carbonyl (C=O) groups excluding carboxylic acids is 2. The number of aromatic nitrogens is 1. The van der Waals surface area contributed by atoms with Crippen molar-refractivity contribution in [3.05, 3.63) is 102 Å². The van der Waals surface area contributed by atoms with Crippen LogP contribution >= 0.6 is 0 Å². The number of pyridine rings is 1. The minimum absolute atomic E-state index is 0.0442. The highest BCUT2D eigenvalue weighted by molar-refractivity contribution is 6.04. The number of anilines is 2. The molecule has 1 aliphatic heterocycles. The number of nitrogens with one attached hydrogen (secondary N) is 1. The van der Waals surface area contributed by atoms with Crippen molar-refractivity contribution in [2.45, 2.75) is 13.1 Å². The summed E-state index contributed by atoms with van der Waals surface area (Å²) in [6.45, 7) is 3.79. The number of rotatable bonds is 8. The summed E-state index contributed by atoms with van der Waals surface area (Å²) >= 11 is 0. The molecule has 1 fully saturated rings. The third-order valence-electron chi connectivity index (χ3n) is 7.27. The number of piperazine rings is 1. The molecular weight excluding hydrogens is 573 g/mol. The molecule has 44 heavy (non-hydrogen) atoms. The highest BCUT2D eigenvalue weighted by atomic mass is 19.4. The third kappa shape index (κ3) is 7.11. The highest BCUT2D eigenvalue weighted by Gasteiger charge is 2.33. The monoisotopic (exact) mass is 604 g/mol. The maximum Gasteiger partial charge on any atom is 0.416 e. The number of benzene rings is 3. The summed E-state index contributed by atoms with van der Waals surface area (Å²) in [5.74, 6) is 0.390. The Bertz CT molecular complexity index is 1620. The van der Waals surface area contributed by atoms with Crippen molar-refractivity contribution in [1.82, 2.24) is 9.88 Å². The number of alkyl halides is 3. The zero-order valence-corrected chi connectivity index (χ0v) is 24.2. The SMILES string of the molecule is CCOc1cncc(-c2cc(C(=O)N3CCN(c4ccc(C(=O)Nc5ccc(OC)cc5)cc4)CC3)cc(C(F)(F)F)c2)c1. The number of hydrogen-bond acceptors (Lipinski definition) is 6. The molecule has 1 aromatic heterocycles. The summed E-state index contributed by atoms with van der Waals surface area (Å²) < 4.78 is 52.0. The van der Waals surface area contributed by atoms with Gasteiger partial charge in [-0.3, -0.25) is 14.6 Å². The lowest BCUT2D eigenvalue weighted by Gasteiger charge is -2.36. The van der Waals surface area contributed by atoms with Gasteiger partial charge in [-0.1, -0.05) is 0 Å². The average Bonchev–Trinajstić information content (AvgIpc) is 3.04. The van der Waals surface area contributed by atoms with Crippen molar-refractivity contribution in [3.63, 3.8) is 0 Å². The van der Waals surface area contributed by atoms with Crippen LogP contribution in [0, 0.1) is 0 Å². The van der Waals surface area contributed by atoms with Crippen LogP contribution in [0.3, 0.4) is 0 Å². The standard InChI is InChI=1S/C33H31F3N4O4/c1-3-44-30-19-25(20-37-21-30)23-16-24(18-26(17-23)33(34,35)36)32(42)40-14-12-39(13-15-40)28-8-4-22(5-9-28)31(41)38-27-6-10-29(43-2)11-7-27/h4-11,16-21H,3,12-15H2,1-2H3,(H,38,41). The Morgan fingerprint density at radius 3 is 2.18 bits per heavy atom. The van der Waals surface area contributed by atoms with E-state index in [0.29, 0.717) is 61.1 Å². The minimum atomic E-state index is -4.63. The van der Waals surface area contributed by atoms with Crippen molar-refractivity contribution < 1.29 is 32.2 Å². The van der Waals surface area contributed by atoms with Gasteiger partial charge < -0.3 is 24.6 Å². The topological polar surface area (TPSA) is 84.0 Å². The second-order valence-electron chi connectivity index (χ2n) is 10.1. The fourth-order valence-corrected chi connectivity index (χ4v) is 4.96. The Balaban J connectivity index is 1.25. The molecule has 0 bridgehead atoms. The van der Waals surface area contributed by atoms with Crippen LogP contribution in [-0.2, 0) is 6.18 Å². The van der Waals surface area contributed by atoms with E-state index >= 15 is 0 Å². The first-order valence-corrected chi connectivity index (χ1v) is 14.0. The van der Waals surface area contributed by atoms with E-state index in [1.165, 1.54) is 18.5 Å². The molecule has 11 heteroatoms. The van der Waals surface area contributed by atoms with E-state index in [2.05, 4.69) is 15.2 Å². The maximum atomic E-state index is 13.8. The molecule has 0 aliphatic carbocycles. The zero-order valence-electron chi connectivity index (χ0n) is 24.2. The maximum absolute atomic E-state index is 13.8. The number of carbonyl (C=O) groups is 2. The van der Waals surface area contributed by atoms with Crippen LogP contribution in [0.1, 0.15) is 33.2 Å². The van der Waals surface area contributed by atoms with Crippen LogP contribution in [0.2, 0.25) is 0 Å². The molecule has 5 rings (SSSR count). The first-order valence-electron chi connectivity index (χ1n) is 14.0. The number of amides is 2. The summed E-state index contributed by atoms with van der Waals surface area (Å²) in [5.41, 5.74) is 1.70. The predicted molar refractivity (Wildman–Crippen MR) is 161 cm³/mol. The molecule has 0 atom stereocenters. The van der Waals surface area contributed by atoms with Gasteiger partial charge in [-0.25, -0.2) is 0 Å². The Hall–Kier alpha value is -5.06. The Morgan fingerprint density at radius 1 is 0.841 bits per heavy atom. The van der Waals surface area contributed by atoms with E-state index in [4.69, 9.17) is 9.47 Å². The lowest BCUT2D eigenvalue weighted by molar-refractivity contribution is -0.137. The lowest BCUT2D eigenvalue weighted by Crippen LogP contribution is -2.48. The smallest absolute Gasteiger partial charge is 0.416 e. The van der Waals surface area contributed by atoms with E-state index in [-0.39, 0.29) is 17.0 Å². The van der Waals surface area contributed by atoms with E-state index in [1.807, 2.05) is 12.1 Å². The second-order valence-corrected chi connectivity index (χ2v) is 10.1. The molecule has 2 amide bonds. The summed E-state index contributed by atoms with van der Waals surface area (Å²) in [5, 5.41) is 2.85. The number of hydrogen-bond donors (Lipinski definition) is 1. The van der Waals surface area contributed by atoms with E-state index in [0.717, 1.165) is 17.8 Å². The molecule has 0 saturated carbocycles. The fraction of sp³-hybridized carbons (Fsp3) is 0.242. The van der Waals surface area contributed by atoms with Crippen LogP contribution in [0.5, 0.6) is 11.5 Å². The molecular formula is C33H31F3N4O4. The first kappa shape index (κ1) is 30.4. The van der Waals surface area contributed by atoms with Gasteiger partial charge in [0.1, 0.15) is 11.5 Å². The lowest BCUT2D eigenvalue weighted by atomic mass is 9.99. The number of methoxy groups -OCH3 is 1. The van der Waals surface area contributed by atoms with Crippen LogP contribution in [0.25, 0.3) is 11.1 Å². The molecule has 1 saturated heterocycles. The molecule has 8 nitrogen and oxygen atoms in total. The van der Waals surface area contributed by atoms with Gasteiger partial charge in [0.25, 0.3) is 11.8 Å². The van der Waals surface area contributed by atoms with Gasteiger partial charge in [-0.2, -0.15) is 13.2 Å². The summed E-state index contributed by atoms with van der Waals surface area (Å²) in [4.78, 5) is 33.8. The summed E-state index contributed by atoms with van der Waals surface area (Å²) in [7, 11) is 1.57. The van der Waals surface area contributed by atoms with Gasteiger partial charge in [0, 0.05) is 60.4 Å². The van der Waals surface area contributed by atoms with Crippen LogP contribution in [0.15, 0.2) is 85.2 Å². The Morgan fingerprint density at radius 2 is 1.55 bits per heavy atom. The van der Waals surface area contributed by atoms with Gasteiger partial charge >= 0.3 is 6.18 Å². The second kappa shape index (κ2) is 13.1. The third-order valence-corrected chi connectivity index (χ3v) is 7.27. The molecule has 0 unspecified atom stereocenters. The number of halogens is 3. The van der Waals surface area contributed by atoms with Crippen molar-refractivity contribution in [2.24, 2.45) is 0 Å². The number of ether oxygens (including phenoxy) is 2. The van der Waals surface area contributed by atoms with Gasteiger partial charge in [-0.05, 0) is 85.3 Å². The quantitative estimate of drug-likeness (QED) is 0.251. The molecule has 228 valence electrons. The van der Waals surface area contributed by atoms with Crippen LogP contribution in [-0.4, -0.2) is 61.6 Å². The molecule has 2 heterocycles. The Labute approximate surface area is 253 Å². The van der Waals surface area contributed by atoms with E-state index in [1.54, 1.807) is 61.4 Å². The van der Waals surface area contributed by atoms with Gasteiger partial charge in [-0.15, -0.1) is 0 Å². The predicted octanol–water partition coefficient (Wildman–Crippen LogP) is 6.39. The normalized spacial score (nSPS) is 13.4. The van der Waals surface area contributed by atoms with Gasteiger partial charge in [0.15, 0.2) is 0 Å².